The van der Waals surface area contributed by atoms with E-state index in [2.05, 4.69) is 12.2 Å². The first-order valence-electron chi connectivity index (χ1n) is 7.38. The zero-order valence-electron chi connectivity index (χ0n) is 12.7. The van der Waals surface area contributed by atoms with E-state index in [9.17, 15) is 8.42 Å². The third kappa shape index (κ3) is 4.71. The van der Waals surface area contributed by atoms with Gasteiger partial charge >= 0.3 is 0 Å². The summed E-state index contributed by atoms with van der Waals surface area (Å²) >= 11 is 1.83. The van der Waals surface area contributed by atoms with Crippen molar-refractivity contribution < 1.29 is 8.42 Å². The van der Waals surface area contributed by atoms with Crippen molar-refractivity contribution in [2.75, 3.05) is 24.6 Å². The van der Waals surface area contributed by atoms with Gasteiger partial charge in [-0.15, -0.1) is 0 Å². The average Bonchev–Trinajstić information content (AvgIpc) is 2.45. The number of hydrogen-bond acceptors (Lipinski definition) is 4. The van der Waals surface area contributed by atoms with Crippen molar-refractivity contribution >= 4 is 21.8 Å². The van der Waals surface area contributed by atoms with Gasteiger partial charge in [0, 0.05) is 30.6 Å². The molecule has 1 fully saturated rings. The molecule has 1 saturated heterocycles. The third-order valence-corrected chi connectivity index (χ3v) is 6.73. The molecular weight excluding hydrogens is 304 g/mol. The summed E-state index contributed by atoms with van der Waals surface area (Å²) in [5, 5.41) is 3.26. The second-order valence-corrected chi connectivity index (χ2v) is 8.46. The van der Waals surface area contributed by atoms with E-state index in [1.807, 2.05) is 43.0 Å². The molecule has 1 aliphatic rings. The van der Waals surface area contributed by atoms with E-state index in [1.165, 1.54) is 0 Å². The largest absolute Gasteiger partial charge is 0.313 e. The van der Waals surface area contributed by atoms with Crippen LogP contribution in [0.3, 0.4) is 0 Å². The Morgan fingerprint density at radius 2 is 2.14 bits per heavy atom. The lowest BCUT2D eigenvalue weighted by atomic mass is 10.1. The van der Waals surface area contributed by atoms with Gasteiger partial charge in [-0.1, -0.05) is 31.2 Å². The smallest absolute Gasteiger partial charge is 0.218 e. The number of rotatable bonds is 6. The van der Waals surface area contributed by atoms with Crippen LogP contribution in [0.25, 0.3) is 0 Å². The van der Waals surface area contributed by atoms with Gasteiger partial charge in [0.05, 0.1) is 5.75 Å². The Bertz CT molecular complexity index is 561. The Morgan fingerprint density at radius 3 is 2.86 bits per heavy atom. The summed E-state index contributed by atoms with van der Waals surface area (Å²) in [5.41, 5.74) is 2.00. The van der Waals surface area contributed by atoms with E-state index >= 15 is 0 Å². The van der Waals surface area contributed by atoms with Crippen molar-refractivity contribution in [1.29, 1.82) is 0 Å². The number of sulfonamides is 1. The van der Waals surface area contributed by atoms with Crippen LogP contribution in [0.1, 0.15) is 25.0 Å². The topological polar surface area (TPSA) is 49.4 Å². The van der Waals surface area contributed by atoms with Crippen molar-refractivity contribution in [3.8, 4) is 0 Å². The highest BCUT2D eigenvalue weighted by Gasteiger charge is 2.29. The van der Waals surface area contributed by atoms with E-state index in [0.717, 1.165) is 35.7 Å². The molecule has 1 unspecified atom stereocenters. The molecule has 1 N–H and O–H groups in total. The Morgan fingerprint density at radius 1 is 1.38 bits per heavy atom. The van der Waals surface area contributed by atoms with Crippen LogP contribution in [-0.4, -0.2) is 43.4 Å². The molecule has 4 nitrogen and oxygen atoms in total. The van der Waals surface area contributed by atoms with Gasteiger partial charge in [-0.3, -0.25) is 0 Å². The first-order chi connectivity index (χ1) is 10.0. The SMILES string of the molecule is CCNCc1cccc(CS(=O)(=O)N2CCSCC2C)c1. The number of nitrogens with zero attached hydrogens (tertiary/aromatic N) is 1. The fourth-order valence-corrected chi connectivity index (χ4v) is 5.50. The summed E-state index contributed by atoms with van der Waals surface area (Å²) < 4.78 is 26.9. The summed E-state index contributed by atoms with van der Waals surface area (Å²) in [4.78, 5) is 0. The van der Waals surface area contributed by atoms with Crippen molar-refractivity contribution in [1.82, 2.24) is 9.62 Å². The van der Waals surface area contributed by atoms with Crippen molar-refractivity contribution in [2.45, 2.75) is 32.2 Å². The molecule has 21 heavy (non-hydrogen) atoms. The van der Waals surface area contributed by atoms with Crippen LogP contribution in [-0.2, 0) is 22.3 Å². The molecule has 1 atom stereocenters. The van der Waals surface area contributed by atoms with Crippen molar-refractivity contribution in [3.05, 3.63) is 35.4 Å². The van der Waals surface area contributed by atoms with Gasteiger partial charge < -0.3 is 5.32 Å². The maximum atomic E-state index is 12.6. The van der Waals surface area contributed by atoms with E-state index in [1.54, 1.807) is 4.31 Å². The Labute approximate surface area is 132 Å². The zero-order valence-corrected chi connectivity index (χ0v) is 14.3. The molecule has 0 spiro atoms. The molecular formula is C15H24N2O2S2. The van der Waals surface area contributed by atoms with Crippen LogP contribution in [0, 0.1) is 0 Å². The van der Waals surface area contributed by atoms with Crippen LogP contribution < -0.4 is 5.32 Å². The fraction of sp³-hybridized carbons (Fsp3) is 0.600. The van der Waals surface area contributed by atoms with Gasteiger partial charge in [0.15, 0.2) is 0 Å². The zero-order chi connectivity index (χ0) is 15.3. The standard InChI is InChI=1S/C15H24N2O2S2/c1-3-16-10-14-5-4-6-15(9-14)12-21(18,19)17-7-8-20-11-13(17)2/h4-6,9,13,16H,3,7-8,10-12H2,1-2H3. The lowest BCUT2D eigenvalue weighted by Gasteiger charge is -2.32. The van der Waals surface area contributed by atoms with E-state index in [-0.39, 0.29) is 11.8 Å². The fourth-order valence-electron chi connectivity index (χ4n) is 2.52. The van der Waals surface area contributed by atoms with E-state index in [0.29, 0.717) is 6.54 Å². The first-order valence-corrected chi connectivity index (χ1v) is 10.1. The van der Waals surface area contributed by atoms with Crippen LogP contribution in [0.2, 0.25) is 0 Å². The summed E-state index contributed by atoms with van der Waals surface area (Å²) in [5.74, 6) is 1.88. The molecule has 0 radical (unpaired) electrons. The summed E-state index contributed by atoms with van der Waals surface area (Å²) in [7, 11) is -3.22. The van der Waals surface area contributed by atoms with E-state index in [4.69, 9.17) is 0 Å². The predicted octanol–water partition coefficient (Wildman–Crippen LogP) is 2.06. The minimum Gasteiger partial charge on any atom is -0.313 e. The summed E-state index contributed by atoms with van der Waals surface area (Å²) in [6.07, 6.45) is 0. The lowest BCUT2D eigenvalue weighted by molar-refractivity contribution is 0.367. The molecule has 0 saturated carbocycles. The predicted molar refractivity (Wildman–Crippen MR) is 89.9 cm³/mol. The second kappa shape index (κ2) is 7.63. The normalized spacial score (nSPS) is 20.6. The maximum Gasteiger partial charge on any atom is 0.218 e. The molecule has 1 heterocycles. The summed E-state index contributed by atoms with van der Waals surface area (Å²) in [6, 6.07) is 7.95. The Balaban J connectivity index is 2.09. The van der Waals surface area contributed by atoms with Gasteiger partial charge in [0.2, 0.25) is 10.0 Å². The van der Waals surface area contributed by atoms with Gasteiger partial charge in [-0.2, -0.15) is 16.1 Å². The maximum absolute atomic E-state index is 12.6. The molecule has 6 heteroatoms. The van der Waals surface area contributed by atoms with Crippen molar-refractivity contribution in [2.24, 2.45) is 0 Å². The van der Waals surface area contributed by atoms with Gasteiger partial charge in [0.25, 0.3) is 0 Å². The highest BCUT2D eigenvalue weighted by molar-refractivity contribution is 7.99. The Kier molecular flexibility index (Phi) is 6.10. The number of hydrogen-bond donors (Lipinski definition) is 1. The molecule has 0 bridgehead atoms. The first kappa shape index (κ1) is 16.8. The molecule has 1 aliphatic heterocycles. The third-order valence-electron chi connectivity index (χ3n) is 3.58. The number of benzene rings is 1. The lowest BCUT2D eigenvalue weighted by Crippen LogP contribution is -2.44. The average molecular weight is 329 g/mol. The molecule has 2 rings (SSSR count). The van der Waals surface area contributed by atoms with Gasteiger partial charge in [0.1, 0.15) is 0 Å². The minimum absolute atomic E-state index is 0.0960. The van der Waals surface area contributed by atoms with E-state index < -0.39 is 10.0 Å². The molecule has 1 aromatic carbocycles. The number of thioether (sulfide) groups is 1. The van der Waals surface area contributed by atoms with Crippen LogP contribution in [0.5, 0.6) is 0 Å². The van der Waals surface area contributed by atoms with Crippen LogP contribution in [0.4, 0.5) is 0 Å². The highest BCUT2D eigenvalue weighted by atomic mass is 32.2. The van der Waals surface area contributed by atoms with Crippen molar-refractivity contribution in [3.63, 3.8) is 0 Å². The quantitative estimate of drug-likeness (QED) is 0.868. The summed E-state index contributed by atoms with van der Waals surface area (Å²) in [6.45, 7) is 6.37. The molecule has 118 valence electrons. The van der Waals surface area contributed by atoms with Gasteiger partial charge in [-0.05, 0) is 24.6 Å². The van der Waals surface area contributed by atoms with Crippen LogP contribution >= 0.6 is 11.8 Å². The Hall–Kier alpha value is -0.560. The minimum atomic E-state index is -3.22. The molecule has 0 aromatic heterocycles. The number of nitrogens with one attached hydrogen (secondary N) is 1. The molecule has 0 aliphatic carbocycles. The second-order valence-electron chi connectivity index (χ2n) is 5.39. The van der Waals surface area contributed by atoms with Gasteiger partial charge in [-0.25, -0.2) is 8.42 Å². The monoisotopic (exact) mass is 328 g/mol. The van der Waals surface area contributed by atoms with Crippen LogP contribution in [0.15, 0.2) is 24.3 Å². The highest BCUT2D eigenvalue weighted by Crippen LogP contribution is 2.22. The molecule has 0 amide bonds. The molecule has 1 aromatic rings.